The number of amidine groups is 1. The molecule has 4 nitrogen and oxygen atoms in total. The molecule has 0 atom stereocenters. The Hall–Kier alpha value is -2.49. The molecule has 0 saturated carbocycles. The molecule has 0 bridgehead atoms. The highest BCUT2D eigenvalue weighted by Crippen LogP contribution is 2.11. The number of nitrogens with zero attached hydrogens (tertiary/aromatic N) is 3. The summed E-state index contributed by atoms with van der Waals surface area (Å²) >= 11 is 0. The molecule has 4 heteroatoms. The van der Waals surface area contributed by atoms with Gasteiger partial charge in [0, 0.05) is 0 Å². The van der Waals surface area contributed by atoms with Crippen LogP contribution in [0.4, 0.5) is 11.4 Å². The Morgan fingerprint density at radius 2 is 1.79 bits per heavy atom. The predicted octanol–water partition coefficient (Wildman–Crippen LogP) is 4.52. The lowest BCUT2D eigenvalue weighted by atomic mass is 10.2. The lowest BCUT2D eigenvalue weighted by Crippen LogP contribution is -1.94. The standard InChI is InChI=1S/C15H16N4/c1-12-7-6-10-15(11-12)19-17-13(2)16-18-14-8-4-3-5-9-14/h3-11,19H,1-2H3. The van der Waals surface area contributed by atoms with Crippen molar-refractivity contribution in [1.29, 1.82) is 0 Å². The zero-order valence-electron chi connectivity index (χ0n) is 11.0. The Morgan fingerprint density at radius 3 is 2.53 bits per heavy atom. The molecule has 2 aromatic rings. The predicted molar refractivity (Wildman–Crippen MR) is 78.9 cm³/mol. The highest BCUT2D eigenvalue weighted by atomic mass is 15.3. The Morgan fingerprint density at radius 1 is 1.00 bits per heavy atom. The van der Waals surface area contributed by atoms with E-state index in [2.05, 4.69) is 20.8 Å². The minimum absolute atomic E-state index is 0.574. The first kappa shape index (κ1) is 13.0. The second kappa shape index (κ2) is 6.44. The van der Waals surface area contributed by atoms with E-state index in [1.807, 2.05) is 61.5 Å². The van der Waals surface area contributed by atoms with Gasteiger partial charge in [-0.25, -0.2) is 0 Å². The summed E-state index contributed by atoms with van der Waals surface area (Å²) in [6, 6.07) is 17.6. The van der Waals surface area contributed by atoms with Crippen molar-refractivity contribution in [1.82, 2.24) is 0 Å². The van der Waals surface area contributed by atoms with Crippen LogP contribution >= 0.6 is 0 Å². The number of benzene rings is 2. The van der Waals surface area contributed by atoms with Crippen LogP contribution in [0.25, 0.3) is 0 Å². The minimum Gasteiger partial charge on any atom is -0.277 e. The molecule has 0 saturated heterocycles. The molecule has 0 aliphatic rings. The van der Waals surface area contributed by atoms with Gasteiger partial charge in [0.15, 0.2) is 5.84 Å². The first-order valence-corrected chi connectivity index (χ1v) is 6.08. The van der Waals surface area contributed by atoms with Crippen LogP contribution in [-0.2, 0) is 0 Å². The number of hydrazone groups is 1. The summed E-state index contributed by atoms with van der Waals surface area (Å²) < 4.78 is 0. The van der Waals surface area contributed by atoms with Crippen LogP contribution in [0.1, 0.15) is 12.5 Å². The largest absolute Gasteiger partial charge is 0.277 e. The summed E-state index contributed by atoms with van der Waals surface area (Å²) in [6.07, 6.45) is 0. The van der Waals surface area contributed by atoms with E-state index in [0.717, 1.165) is 11.4 Å². The molecular formula is C15H16N4. The van der Waals surface area contributed by atoms with Gasteiger partial charge in [-0.1, -0.05) is 30.3 Å². The van der Waals surface area contributed by atoms with Gasteiger partial charge in [0.1, 0.15) is 0 Å². The summed E-state index contributed by atoms with van der Waals surface area (Å²) in [5.41, 5.74) is 5.89. The Balaban J connectivity index is 1.98. The third-order valence-electron chi connectivity index (χ3n) is 2.43. The van der Waals surface area contributed by atoms with Crippen molar-refractivity contribution in [3.05, 3.63) is 60.2 Å². The van der Waals surface area contributed by atoms with Crippen molar-refractivity contribution >= 4 is 17.2 Å². The van der Waals surface area contributed by atoms with E-state index in [4.69, 9.17) is 0 Å². The SMILES string of the molecule is CC(N=Nc1ccccc1)=NNc1cccc(C)c1. The summed E-state index contributed by atoms with van der Waals surface area (Å²) in [5.74, 6) is 0.574. The van der Waals surface area contributed by atoms with E-state index in [0.29, 0.717) is 5.84 Å². The summed E-state index contributed by atoms with van der Waals surface area (Å²) in [6.45, 7) is 3.84. The zero-order chi connectivity index (χ0) is 13.5. The van der Waals surface area contributed by atoms with Gasteiger partial charge in [-0.15, -0.1) is 10.2 Å². The molecule has 0 amide bonds. The van der Waals surface area contributed by atoms with Gasteiger partial charge in [0.25, 0.3) is 0 Å². The number of hydrogen-bond donors (Lipinski definition) is 1. The third kappa shape index (κ3) is 4.35. The van der Waals surface area contributed by atoms with Crippen molar-refractivity contribution in [3.63, 3.8) is 0 Å². The molecule has 0 aromatic heterocycles. The molecule has 0 aliphatic heterocycles. The van der Waals surface area contributed by atoms with Gasteiger partial charge in [-0.2, -0.15) is 5.10 Å². The van der Waals surface area contributed by atoms with E-state index >= 15 is 0 Å². The van der Waals surface area contributed by atoms with Crippen LogP contribution in [0.3, 0.4) is 0 Å². The molecule has 19 heavy (non-hydrogen) atoms. The molecule has 2 rings (SSSR count). The lowest BCUT2D eigenvalue weighted by molar-refractivity contribution is 1.21. The van der Waals surface area contributed by atoms with E-state index < -0.39 is 0 Å². The van der Waals surface area contributed by atoms with Gasteiger partial charge in [-0.05, 0) is 43.7 Å². The van der Waals surface area contributed by atoms with Crippen LogP contribution < -0.4 is 5.43 Å². The van der Waals surface area contributed by atoms with Gasteiger partial charge in [-0.3, -0.25) is 5.43 Å². The first-order chi connectivity index (χ1) is 9.24. The third-order valence-corrected chi connectivity index (χ3v) is 2.43. The zero-order valence-corrected chi connectivity index (χ0v) is 11.0. The number of rotatable bonds is 3. The molecule has 0 heterocycles. The second-order valence-corrected chi connectivity index (χ2v) is 4.18. The molecule has 96 valence electrons. The molecule has 0 spiro atoms. The fourth-order valence-corrected chi connectivity index (χ4v) is 1.51. The van der Waals surface area contributed by atoms with Crippen molar-refractivity contribution in [2.75, 3.05) is 5.43 Å². The number of azo groups is 1. The molecule has 2 aromatic carbocycles. The lowest BCUT2D eigenvalue weighted by Gasteiger charge is -2.01. The van der Waals surface area contributed by atoms with E-state index in [1.54, 1.807) is 6.92 Å². The molecule has 0 unspecified atom stereocenters. The maximum atomic E-state index is 4.16. The van der Waals surface area contributed by atoms with Crippen LogP contribution in [0.2, 0.25) is 0 Å². The molecular weight excluding hydrogens is 236 g/mol. The fourth-order valence-electron chi connectivity index (χ4n) is 1.51. The van der Waals surface area contributed by atoms with Crippen LogP contribution in [-0.4, -0.2) is 5.84 Å². The molecule has 0 aliphatic carbocycles. The van der Waals surface area contributed by atoms with Crippen molar-refractivity contribution in [2.45, 2.75) is 13.8 Å². The summed E-state index contributed by atoms with van der Waals surface area (Å²) in [4.78, 5) is 0. The maximum Gasteiger partial charge on any atom is 0.167 e. The van der Waals surface area contributed by atoms with E-state index in [9.17, 15) is 0 Å². The van der Waals surface area contributed by atoms with Crippen LogP contribution in [0.5, 0.6) is 0 Å². The fraction of sp³-hybridized carbons (Fsp3) is 0.133. The number of hydrogen-bond acceptors (Lipinski definition) is 3. The van der Waals surface area contributed by atoms with Gasteiger partial charge >= 0.3 is 0 Å². The molecule has 0 fully saturated rings. The number of aryl methyl sites for hydroxylation is 1. The van der Waals surface area contributed by atoms with Crippen LogP contribution in [0, 0.1) is 6.92 Å². The average molecular weight is 252 g/mol. The monoisotopic (exact) mass is 252 g/mol. The summed E-state index contributed by atoms with van der Waals surface area (Å²) in [5, 5.41) is 12.3. The van der Waals surface area contributed by atoms with Gasteiger partial charge in [0.2, 0.25) is 0 Å². The van der Waals surface area contributed by atoms with Crippen LogP contribution in [0.15, 0.2) is 69.9 Å². The Labute approximate surface area is 112 Å². The van der Waals surface area contributed by atoms with Crippen molar-refractivity contribution < 1.29 is 0 Å². The average Bonchev–Trinajstić information content (AvgIpc) is 2.44. The highest BCUT2D eigenvalue weighted by Gasteiger charge is 1.91. The van der Waals surface area contributed by atoms with Crippen molar-refractivity contribution in [3.8, 4) is 0 Å². The van der Waals surface area contributed by atoms with E-state index in [-0.39, 0.29) is 0 Å². The quantitative estimate of drug-likeness (QED) is 0.371. The summed E-state index contributed by atoms with van der Waals surface area (Å²) in [7, 11) is 0. The van der Waals surface area contributed by atoms with Gasteiger partial charge < -0.3 is 0 Å². The molecule has 0 radical (unpaired) electrons. The topological polar surface area (TPSA) is 49.1 Å². The number of anilines is 1. The first-order valence-electron chi connectivity index (χ1n) is 6.08. The second-order valence-electron chi connectivity index (χ2n) is 4.18. The minimum atomic E-state index is 0.574. The number of nitrogens with one attached hydrogen (secondary N) is 1. The van der Waals surface area contributed by atoms with Gasteiger partial charge in [0.05, 0.1) is 11.4 Å². The molecule has 1 N–H and O–H groups in total. The smallest absolute Gasteiger partial charge is 0.167 e. The highest BCUT2D eigenvalue weighted by molar-refractivity contribution is 5.80. The maximum absolute atomic E-state index is 4.16. The van der Waals surface area contributed by atoms with Crippen molar-refractivity contribution in [2.24, 2.45) is 15.3 Å². The Bertz CT molecular complexity index is 588. The Kier molecular flexibility index (Phi) is 4.39. The van der Waals surface area contributed by atoms with E-state index in [1.165, 1.54) is 5.56 Å². The normalized spacial score (nSPS) is 11.8.